The number of carbonyl (C=O) groups excluding carboxylic acids is 1. The van der Waals surface area contributed by atoms with Gasteiger partial charge < -0.3 is 10.1 Å². The van der Waals surface area contributed by atoms with Crippen LogP contribution in [0.25, 0.3) is 0 Å². The van der Waals surface area contributed by atoms with Crippen LogP contribution in [0.3, 0.4) is 0 Å². The minimum Gasteiger partial charge on any atom is -0.490 e. The second kappa shape index (κ2) is 10.9. The second-order valence-corrected chi connectivity index (χ2v) is 10.4. The Bertz CT molecular complexity index is 1010. The van der Waals surface area contributed by atoms with Crippen LogP contribution in [0, 0.1) is 5.92 Å². The Labute approximate surface area is 197 Å². The van der Waals surface area contributed by atoms with Crippen molar-refractivity contribution in [2.45, 2.75) is 18.6 Å². The zero-order valence-corrected chi connectivity index (χ0v) is 19.8. The van der Waals surface area contributed by atoms with E-state index in [2.05, 4.69) is 5.32 Å². The van der Waals surface area contributed by atoms with Crippen LogP contribution in [0.2, 0.25) is 15.1 Å². The maximum Gasteiger partial charge on any atom is 0.224 e. The summed E-state index contributed by atoms with van der Waals surface area (Å²) in [6, 6.07) is 12.0. The number of sulfonamides is 1. The van der Waals surface area contributed by atoms with E-state index in [-0.39, 0.29) is 24.8 Å². The minimum absolute atomic E-state index is 0.127. The molecule has 0 aromatic heterocycles. The Morgan fingerprint density at radius 2 is 1.74 bits per heavy atom. The Balaban J connectivity index is 1.53. The number of ether oxygens (including phenoxy) is 1. The van der Waals surface area contributed by atoms with E-state index in [0.29, 0.717) is 52.3 Å². The molecule has 0 saturated carbocycles. The zero-order chi connectivity index (χ0) is 22.4. The van der Waals surface area contributed by atoms with Gasteiger partial charge in [0.05, 0.1) is 23.2 Å². The molecule has 1 atom stereocenters. The van der Waals surface area contributed by atoms with Gasteiger partial charge in [0.15, 0.2) is 0 Å². The number of hydrogen-bond donors (Lipinski definition) is 1. The molecule has 1 aliphatic rings. The van der Waals surface area contributed by atoms with Crippen molar-refractivity contribution >= 4 is 50.7 Å². The van der Waals surface area contributed by atoms with E-state index in [1.165, 1.54) is 4.31 Å². The van der Waals surface area contributed by atoms with Gasteiger partial charge in [0, 0.05) is 28.7 Å². The summed E-state index contributed by atoms with van der Waals surface area (Å²) in [5.41, 5.74) is 0.370. The van der Waals surface area contributed by atoms with Gasteiger partial charge in [0.25, 0.3) is 0 Å². The summed E-state index contributed by atoms with van der Waals surface area (Å²) in [5.74, 6) is -0.374. The third-order valence-corrected chi connectivity index (χ3v) is 7.82. The Morgan fingerprint density at radius 3 is 2.45 bits per heavy atom. The number of nitrogens with zero attached hydrogens (tertiary/aromatic N) is 1. The van der Waals surface area contributed by atoms with E-state index < -0.39 is 15.9 Å². The van der Waals surface area contributed by atoms with Crippen LogP contribution >= 0.6 is 34.8 Å². The van der Waals surface area contributed by atoms with Gasteiger partial charge in [0.1, 0.15) is 12.4 Å². The molecule has 2 aromatic rings. The first-order valence-corrected chi connectivity index (χ1v) is 12.6. The number of benzene rings is 2. The van der Waals surface area contributed by atoms with Gasteiger partial charge in [-0.3, -0.25) is 4.79 Å². The molecule has 6 nitrogen and oxygen atoms in total. The molecule has 1 amide bonds. The number of piperidine rings is 1. The molecule has 31 heavy (non-hydrogen) atoms. The van der Waals surface area contributed by atoms with Gasteiger partial charge >= 0.3 is 0 Å². The largest absolute Gasteiger partial charge is 0.490 e. The molecule has 1 aliphatic heterocycles. The topological polar surface area (TPSA) is 75.7 Å². The van der Waals surface area contributed by atoms with Gasteiger partial charge in [-0.2, -0.15) is 0 Å². The highest BCUT2D eigenvalue weighted by atomic mass is 35.5. The van der Waals surface area contributed by atoms with Crippen molar-refractivity contribution in [3.8, 4) is 5.75 Å². The predicted octanol–water partition coefficient (Wildman–Crippen LogP) is 4.38. The predicted molar refractivity (Wildman–Crippen MR) is 123 cm³/mol. The van der Waals surface area contributed by atoms with Crippen molar-refractivity contribution in [1.29, 1.82) is 0 Å². The molecule has 0 aliphatic carbocycles. The van der Waals surface area contributed by atoms with E-state index >= 15 is 0 Å². The lowest BCUT2D eigenvalue weighted by Gasteiger charge is -2.31. The maximum atomic E-state index is 12.9. The fourth-order valence-electron chi connectivity index (χ4n) is 3.39. The number of halogens is 3. The third kappa shape index (κ3) is 6.49. The summed E-state index contributed by atoms with van der Waals surface area (Å²) in [5, 5.41) is 3.92. The normalized spacial score (nSPS) is 17.3. The molecular formula is C21H23Cl3N2O4S. The maximum absolute atomic E-state index is 12.9. The molecule has 1 saturated heterocycles. The van der Waals surface area contributed by atoms with Crippen molar-refractivity contribution in [3.63, 3.8) is 0 Å². The molecule has 1 N–H and O–H groups in total. The number of para-hydroxylation sites is 1. The summed E-state index contributed by atoms with van der Waals surface area (Å²) in [7, 11) is -3.67. The van der Waals surface area contributed by atoms with Crippen LogP contribution in [0.4, 0.5) is 0 Å². The highest BCUT2D eigenvalue weighted by molar-refractivity contribution is 7.88. The number of nitrogens with one attached hydrogen (secondary N) is 1. The van der Waals surface area contributed by atoms with Crippen LogP contribution in [0.15, 0.2) is 42.5 Å². The Hall–Kier alpha value is -1.51. The molecule has 1 fully saturated rings. The highest BCUT2D eigenvalue weighted by Gasteiger charge is 2.33. The van der Waals surface area contributed by atoms with E-state index in [0.717, 1.165) is 0 Å². The van der Waals surface area contributed by atoms with Gasteiger partial charge in [0.2, 0.25) is 15.9 Å². The number of rotatable bonds is 8. The fourth-order valence-corrected chi connectivity index (χ4v) is 5.95. The summed E-state index contributed by atoms with van der Waals surface area (Å²) in [6.07, 6.45) is 1.22. The highest BCUT2D eigenvalue weighted by Crippen LogP contribution is 2.29. The van der Waals surface area contributed by atoms with Crippen molar-refractivity contribution in [1.82, 2.24) is 9.62 Å². The van der Waals surface area contributed by atoms with Crippen molar-refractivity contribution in [2.24, 2.45) is 5.92 Å². The number of carbonyl (C=O) groups is 1. The molecule has 10 heteroatoms. The van der Waals surface area contributed by atoms with Crippen LogP contribution in [-0.4, -0.2) is 44.9 Å². The average Bonchev–Trinajstić information content (AvgIpc) is 2.75. The van der Waals surface area contributed by atoms with Crippen LogP contribution < -0.4 is 10.1 Å². The smallest absolute Gasteiger partial charge is 0.224 e. The third-order valence-electron chi connectivity index (χ3n) is 5.03. The summed E-state index contributed by atoms with van der Waals surface area (Å²) < 4.78 is 32.8. The van der Waals surface area contributed by atoms with E-state index in [1.54, 1.807) is 36.4 Å². The van der Waals surface area contributed by atoms with E-state index in [4.69, 9.17) is 39.5 Å². The van der Waals surface area contributed by atoms with Gasteiger partial charge in [-0.05, 0) is 37.1 Å². The summed E-state index contributed by atoms with van der Waals surface area (Å²) in [4.78, 5) is 12.6. The molecular weight excluding hydrogens is 483 g/mol. The first kappa shape index (κ1) is 24.1. The summed E-state index contributed by atoms with van der Waals surface area (Å²) in [6.45, 7) is 1.04. The van der Waals surface area contributed by atoms with Crippen LogP contribution in [0.5, 0.6) is 5.75 Å². The van der Waals surface area contributed by atoms with Crippen molar-refractivity contribution < 1.29 is 17.9 Å². The van der Waals surface area contributed by atoms with Crippen molar-refractivity contribution in [2.75, 3.05) is 26.2 Å². The lowest BCUT2D eigenvalue weighted by molar-refractivity contribution is -0.126. The second-order valence-electron chi connectivity index (χ2n) is 7.22. The summed E-state index contributed by atoms with van der Waals surface area (Å²) >= 11 is 18.3. The van der Waals surface area contributed by atoms with Gasteiger partial charge in [-0.25, -0.2) is 12.7 Å². The first-order chi connectivity index (χ1) is 14.8. The SMILES string of the molecule is O=C(NCCOc1ccccc1Cl)[C@H]1CCCN(S(=O)(=O)Cc2c(Cl)cccc2Cl)C1. The Kier molecular flexibility index (Phi) is 8.47. The lowest BCUT2D eigenvalue weighted by atomic mass is 9.99. The fraction of sp³-hybridized carbons (Fsp3) is 0.381. The lowest BCUT2D eigenvalue weighted by Crippen LogP contribution is -2.46. The van der Waals surface area contributed by atoms with Crippen LogP contribution in [0.1, 0.15) is 18.4 Å². The molecule has 168 valence electrons. The molecule has 1 heterocycles. The quantitative estimate of drug-likeness (QED) is 0.540. The van der Waals surface area contributed by atoms with E-state index in [1.807, 2.05) is 6.07 Å². The average molecular weight is 506 g/mol. The molecule has 0 spiro atoms. The van der Waals surface area contributed by atoms with Crippen molar-refractivity contribution in [3.05, 3.63) is 63.1 Å². The molecule has 0 radical (unpaired) electrons. The Morgan fingerprint density at radius 1 is 1.06 bits per heavy atom. The molecule has 0 unspecified atom stereocenters. The van der Waals surface area contributed by atoms with Gasteiger partial charge in [-0.15, -0.1) is 0 Å². The van der Waals surface area contributed by atoms with E-state index in [9.17, 15) is 13.2 Å². The number of hydrogen-bond acceptors (Lipinski definition) is 4. The molecule has 2 aromatic carbocycles. The zero-order valence-electron chi connectivity index (χ0n) is 16.7. The number of amides is 1. The standard InChI is InChI=1S/C21H23Cl3N2O4S/c22-17-7-3-8-18(23)16(17)14-31(28,29)26-11-4-5-15(13-26)21(27)25-10-12-30-20-9-2-1-6-19(20)24/h1-3,6-9,15H,4-5,10-14H2,(H,25,27)/t15-/m0/s1. The van der Waals surface area contributed by atoms with Crippen LogP contribution in [-0.2, 0) is 20.6 Å². The monoisotopic (exact) mass is 504 g/mol. The molecule has 0 bridgehead atoms. The van der Waals surface area contributed by atoms with Gasteiger partial charge in [-0.1, -0.05) is 53.0 Å². The first-order valence-electron chi connectivity index (χ1n) is 9.83. The molecule has 3 rings (SSSR count). The minimum atomic E-state index is -3.67.